The molecule has 0 saturated carbocycles. The molecule has 1 heterocycles. The van der Waals surface area contributed by atoms with Crippen molar-refractivity contribution < 1.29 is 28.6 Å². The van der Waals surface area contributed by atoms with Crippen molar-refractivity contribution in [2.24, 2.45) is 0 Å². The van der Waals surface area contributed by atoms with Gasteiger partial charge in [0.2, 0.25) is 0 Å². The van der Waals surface area contributed by atoms with E-state index >= 15 is 0 Å². The topological polar surface area (TPSA) is 76.1 Å². The highest BCUT2D eigenvalue weighted by atomic mass is 19.1. The summed E-state index contributed by atoms with van der Waals surface area (Å²) in [7, 11) is 0. The molecule has 6 nitrogen and oxygen atoms in total. The van der Waals surface area contributed by atoms with Gasteiger partial charge < -0.3 is 19.5 Å². The van der Waals surface area contributed by atoms with E-state index in [9.17, 15) is 14.0 Å². The Hall–Kier alpha value is -2.15. The molecule has 20 heavy (non-hydrogen) atoms. The third-order valence-corrected chi connectivity index (χ3v) is 2.89. The zero-order chi connectivity index (χ0) is 14.5. The van der Waals surface area contributed by atoms with Gasteiger partial charge in [-0.25, -0.2) is 9.18 Å². The Bertz CT molecular complexity index is 513. The SMILES string of the molecule is O=C(O)c1cc(F)ccc1OCC(=O)N1CCOCC1. The van der Waals surface area contributed by atoms with Crippen LogP contribution in [0.2, 0.25) is 0 Å². The number of carbonyl (C=O) groups excluding carboxylic acids is 1. The summed E-state index contributed by atoms with van der Waals surface area (Å²) in [5.74, 6) is -2.26. The first-order valence-corrected chi connectivity index (χ1v) is 6.09. The molecule has 0 aliphatic carbocycles. The van der Waals surface area contributed by atoms with E-state index in [-0.39, 0.29) is 23.8 Å². The van der Waals surface area contributed by atoms with Crippen LogP contribution < -0.4 is 4.74 Å². The van der Waals surface area contributed by atoms with E-state index in [1.165, 1.54) is 6.07 Å². The summed E-state index contributed by atoms with van der Waals surface area (Å²) in [5.41, 5.74) is -0.306. The lowest BCUT2D eigenvalue weighted by atomic mass is 10.2. The number of carbonyl (C=O) groups is 2. The van der Waals surface area contributed by atoms with Crippen LogP contribution in [0.15, 0.2) is 18.2 Å². The Labute approximate surface area is 114 Å². The van der Waals surface area contributed by atoms with Crippen molar-refractivity contribution in [3.8, 4) is 5.75 Å². The van der Waals surface area contributed by atoms with Crippen molar-refractivity contribution in [2.45, 2.75) is 0 Å². The Morgan fingerprint density at radius 3 is 2.70 bits per heavy atom. The van der Waals surface area contributed by atoms with Gasteiger partial charge in [-0.15, -0.1) is 0 Å². The fourth-order valence-corrected chi connectivity index (χ4v) is 1.84. The molecule has 0 spiro atoms. The number of carboxylic acids is 1. The van der Waals surface area contributed by atoms with Gasteiger partial charge in [-0.2, -0.15) is 0 Å². The number of amides is 1. The first-order chi connectivity index (χ1) is 9.58. The van der Waals surface area contributed by atoms with Crippen LogP contribution >= 0.6 is 0 Å². The maximum atomic E-state index is 13.0. The number of benzene rings is 1. The van der Waals surface area contributed by atoms with Crippen molar-refractivity contribution in [3.05, 3.63) is 29.6 Å². The molecule has 0 bridgehead atoms. The van der Waals surface area contributed by atoms with E-state index < -0.39 is 11.8 Å². The Balaban J connectivity index is 1.99. The summed E-state index contributed by atoms with van der Waals surface area (Å²) >= 11 is 0. The normalized spacial score (nSPS) is 14.9. The van der Waals surface area contributed by atoms with Gasteiger partial charge in [0, 0.05) is 13.1 Å². The minimum Gasteiger partial charge on any atom is -0.483 e. The number of rotatable bonds is 4. The number of ether oxygens (including phenoxy) is 2. The van der Waals surface area contributed by atoms with Gasteiger partial charge in [-0.1, -0.05) is 0 Å². The van der Waals surface area contributed by atoms with Gasteiger partial charge in [0.25, 0.3) is 5.91 Å². The highest BCUT2D eigenvalue weighted by Crippen LogP contribution is 2.19. The van der Waals surface area contributed by atoms with Gasteiger partial charge in [0.1, 0.15) is 17.1 Å². The van der Waals surface area contributed by atoms with Crippen LogP contribution in [-0.2, 0) is 9.53 Å². The number of halogens is 1. The van der Waals surface area contributed by atoms with Crippen LogP contribution in [0.4, 0.5) is 4.39 Å². The number of morpholine rings is 1. The lowest BCUT2D eigenvalue weighted by Gasteiger charge is -2.26. The molecule has 0 radical (unpaired) electrons. The average Bonchev–Trinajstić information content (AvgIpc) is 2.46. The number of hydrogen-bond donors (Lipinski definition) is 1. The van der Waals surface area contributed by atoms with E-state index in [2.05, 4.69) is 0 Å². The standard InChI is InChI=1S/C13H14FNO5/c14-9-1-2-11(10(7-9)13(17)18)20-8-12(16)15-3-5-19-6-4-15/h1-2,7H,3-6,8H2,(H,17,18). The molecule has 1 aromatic rings. The summed E-state index contributed by atoms with van der Waals surface area (Å²) in [6.07, 6.45) is 0. The quantitative estimate of drug-likeness (QED) is 0.883. The molecule has 0 unspecified atom stereocenters. The second-order valence-corrected chi connectivity index (χ2v) is 4.23. The highest BCUT2D eigenvalue weighted by molar-refractivity contribution is 5.91. The van der Waals surface area contributed by atoms with E-state index in [0.717, 1.165) is 12.1 Å². The minimum atomic E-state index is -1.31. The maximum absolute atomic E-state index is 13.0. The minimum absolute atomic E-state index is 0.0273. The van der Waals surface area contributed by atoms with E-state index in [1.807, 2.05) is 0 Å². The number of nitrogens with zero attached hydrogens (tertiary/aromatic N) is 1. The molecular weight excluding hydrogens is 269 g/mol. The van der Waals surface area contributed by atoms with Gasteiger partial charge in [0.15, 0.2) is 6.61 Å². The van der Waals surface area contributed by atoms with Crippen LogP contribution in [0.25, 0.3) is 0 Å². The second-order valence-electron chi connectivity index (χ2n) is 4.23. The fourth-order valence-electron chi connectivity index (χ4n) is 1.84. The van der Waals surface area contributed by atoms with Crippen molar-refractivity contribution in [1.29, 1.82) is 0 Å². The van der Waals surface area contributed by atoms with Crippen LogP contribution in [-0.4, -0.2) is 54.8 Å². The second kappa shape index (κ2) is 6.33. The van der Waals surface area contributed by atoms with Gasteiger partial charge >= 0.3 is 5.97 Å². The Kier molecular flexibility index (Phi) is 4.52. The summed E-state index contributed by atoms with van der Waals surface area (Å²) in [6.45, 7) is 1.63. The lowest BCUT2D eigenvalue weighted by molar-refractivity contribution is -0.137. The summed E-state index contributed by atoms with van der Waals surface area (Å²) in [6, 6.07) is 3.14. The van der Waals surface area contributed by atoms with E-state index in [0.29, 0.717) is 26.3 Å². The van der Waals surface area contributed by atoms with E-state index in [4.69, 9.17) is 14.6 Å². The molecule has 1 saturated heterocycles. The first kappa shape index (κ1) is 14.3. The molecule has 7 heteroatoms. The maximum Gasteiger partial charge on any atom is 0.339 e. The summed E-state index contributed by atoms with van der Waals surface area (Å²) in [5, 5.41) is 8.95. The van der Waals surface area contributed by atoms with Gasteiger partial charge in [0.05, 0.1) is 13.2 Å². The molecule has 1 N–H and O–H groups in total. The van der Waals surface area contributed by atoms with E-state index in [1.54, 1.807) is 4.90 Å². The third-order valence-electron chi connectivity index (χ3n) is 2.89. The summed E-state index contributed by atoms with van der Waals surface area (Å²) < 4.78 is 23.3. The zero-order valence-corrected chi connectivity index (χ0v) is 10.7. The largest absolute Gasteiger partial charge is 0.483 e. The molecule has 108 valence electrons. The molecule has 1 aromatic carbocycles. The lowest BCUT2D eigenvalue weighted by Crippen LogP contribution is -2.43. The molecule has 0 atom stereocenters. The third kappa shape index (κ3) is 3.45. The molecular formula is C13H14FNO5. The number of hydrogen-bond acceptors (Lipinski definition) is 4. The van der Waals surface area contributed by atoms with Crippen LogP contribution in [0.1, 0.15) is 10.4 Å². The predicted octanol–water partition coefficient (Wildman–Crippen LogP) is 0.762. The highest BCUT2D eigenvalue weighted by Gasteiger charge is 2.19. The van der Waals surface area contributed by atoms with Gasteiger partial charge in [-0.3, -0.25) is 4.79 Å². The van der Waals surface area contributed by atoms with Crippen molar-refractivity contribution in [2.75, 3.05) is 32.9 Å². The van der Waals surface area contributed by atoms with Gasteiger partial charge in [-0.05, 0) is 18.2 Å². The molecule has 1 amide bonds. The van der Waals surface area contributed by atoms with Crippen molar-refractivity contribution >= 4 is 11.9 Å². The average molecular weight is 283 g/mol. The molecule has 0 aromatic heterocycles. The van der Waals surface area contributed by atoms with Crippen LogP contribution in [0, 0.1) is 5.82 Å². The Morgan fingerprint density at radius 2 is 2.05 bits per heavy atom. The smallest absolute Gasteiger partial charge is 0.339 e. The Morgan fingerprint density at radius 1 is 1.35 bits per heavy atom. The van der Waals surface area contributed by atoms with Crippen molar-refractivity contribution in [1.82, 2.24) is 4.90 Å². The monoisotopic (exact) mass is 283 g/mol. The number of aromatic carboxylic acids is 1. The zero-order valence-electron chi connectivity index (χ0n) is 10.7. The first-order valence-electron chi connectivity index (χ1n) is 6.09. The number of carboxylic acid groups (broad SMARTS) is 1. The fraction of sp³-hybridized carbons (Fsp3) is 0.385. The molecule has 1 aliphatic rings. The molecule has 1 fully saturated rings. The van der Waals surface area contributed by atoms with Crippen molar-refractivity contribution in [3.63, 3.8) is 0 Å². The summed E-state index contributed by atoms with van der Waals surface area (Å²) in [4.78, 5) is 24.4. The van der Waals surface area contributed by atoms with Crippen LogP contribution in [0.5, 0.6) is 5.75 Å². The molecule has 1 aliphatic heterocycles. The van der Waals surface area contributed by atoms with Crippen LogP contribution in [0.3, 0.4) is 0 Å². The molecule has 2 rings (SSSR count). The predicted molar refractivity (Wildman–Crippen MR) is 66.3 cm³/mol.